The normalized spacial score (nSPS) is 28.5. The largest absolute Gasteiger partial charge is 0.507 e. The second kappa shape index (κ2) is 11.2. The molecule has 1 fully saturated rings. The molecule has 0 spiro atoms. The summed E-state index contributed by atoms with van der Waals surface area (Å²) in [4.78, 5) is 39.9. The molecule has 2 aromatic carbocycles. The molecule has 0 bridgehead atoms. The highest BCUT2D eigenvalue weighted by atomic mass is 32.2. The van der Waals surface area contributed by atoms with Gasteiger partial charge in [0.05, 0.1) is 48.2 Å². The lowest BCUT2D eigenvalue weighted by atomic mass is 9.72. The third kappa shape index (κ3) is 4.96. The lowest BCUT2D eigenvalue weighted by Gasteiger charge is -2.42. The van der Waals surface area contributed by atoms with E-state index in [0.717, 1.165) is 11.9 Å². The number of carbonyl (C=O) groups is 3. The van der Waals surface area contributed by atoms with Crippen molar-refractivity contribution in [2.24, 2.45) is 5.73 Å². The van der Waals surface area contributed by atoms with Crippen molar-refractivity contribution < 1.29 is 49.0 Å². The third-order valence-corrected chi connectivity index (χ3v) is 8.94. The van der Waals surface area contributed by atoms with E-state index in [2.05, 4.69) is 4.72 Å². The maximum Gasteiger partial charge on any atom is 0.202 e. The van der Waals surface area contributed by atoms with Gasteiger partial charge in [0.2, 0.25) is 5.78 Å². The molecule has 224 valence electrons. The Balaban J connectivity index is 1.61. The van der Waals surface area contributed by atoms with Gasteiger partial charge in [0.25, 0.3) is 0 Å². The zero-order valence-electron chi connectivity index (χ0n) is 22.9. The number of benzene rings is 2. The summed E-state index contributed by atoms with van der Waals surface area (Å²) in [5.41, 5.74) is 2.41. The number of aliphatic hydroxyl groups is 2. The van der Waals surface area contributed by atoms with Gasteiger partial charge in [-0.2, -0.15) is 0 Å². The van der Waals surface area contributed by atoms with E-state index >= 15 is 0 Å². The first kappa shape index (κ1) is 30.4. The first-order chi connectivity index (χ1) is 19.8. The van der Waals surface area contributed by atoms with Gasteiger partial charge < -0.3 is 40.4 Å². The fourth-order valence-electron chi connectivity index (χ4n) is 5.87. The fraction of sp³-hybridized carbons (Fsp3) is 0.429. The Bertz CT molecular complexity index is 1510. The van der Waals surface area contributed by atoms with Crippen LogP contribution in [0.1, 0.15) is 75.8 Å². The first-order valence-electron chi connectivity index (χ1n) is 13.1. The molecule has 0 amide bonds. The topological polar surface area (TPSA) is 198 Å². The monoisotopic (exact) mass is 618 g/mol. The quantitative estimate of drug-likeness (QED) is 0.132. The summed E-state index contributed by atoms with van der Waals surface area (Å²) in [5.74, 6) is -3.25. The van der Waals surface area contributed by atoms with Crippen molar-refractivity contribution in [3.8, 4) is 17.2 Å². The Morgan fingerprint density at radius 1 is 1.19 bits per heavy atom. The number of aromatic hydroxyl groups is 2. The summed E-state index contributed by atoms with van der Waals surface area (Å²) >= 11 is 5.84. The van der Waals surface area contributed by atoms with Crippen molar-refractivity contribution in [1.29, 1.82) is 0 Å². The van der Waals surface area contributed by atoms with E-state index < -0.39 is 82.6 Å². The van der Waals surface area contributed by atoms with E-state index in [4.69, 9.17) is 32.2 Å². The molecule has 42 heavy (non-hydrogen) atoms. The van der Waals surface area contributed by atoms with E-state index in [9.17, 15) is 34.8 Å². The van der Waals surface area contributed by atoms with Crippen molar-refractivity contribution >= 4 is 45.8 Å². The average molecular weight is 619 g/mol. The first-order valence-corrected chi connectivity index (χ1v) is 14.3. The van der Waals surface area contributed by atoms with E-state index in [1.165, 1.54) is 32.2 Å². The van der Waals surface area contributed by atoms with Crippen LogP contribution in [0.15, 0.2) is 18.2 Å². The number of carbonyl (C=O) groups excluding carboxylic acids is 3. The zero-order chi connectivity index (χ0) is 30.7. The van der Waals surface area contributed by atoms with E-state index in [1.54, 1.807) is 6.92 Å². The molecule has 1 aliphatic heterocycles. The van der Waals surface area contributed by atoms with Gasteiger partial charge in [0.1, 0.15) is 27.2 Å². The van der Waals surface area contributed by atoms with Gasteiger partial charge in [-0.3, -0.25) is 19.1 Å². The SMILES string of the molecule is COc1cccc2c1C(=O)c1c(O)c3c(c(O)c1C2=O)C[C@@](O)(C(C)=O)C[C@@H]3OC1CC(NSC(N)=S)C(O)C(C)O1. The predicted molar refractivity (Wildman–Crippen MR) is 154 cm³/mol. The molecule has 7 N–H and O–H groups in total. The number of phenolic OH excluding ortho intramolecular Hbond substituents is 2. The molecule has 5 rings (SSSR count). The highest BCUT2D eigenvalue weighted by Gasteiger charge is 2.49. The lowest BCUT2D eigenvalue weighted by Crippen LogP contribution is -2.53. The van der Waals surface area contributed by atoms with E-state index in [-0.39, 0.29) is 45.2 Å². The second-order valence-electron chi connectivity index (χ2n) is 10.6. The van der Waals surface area contributed by atoms with Crippen LogP contribution in [0.25, 0.3) is 0 Å². The van der Waals surface area contributed by atoms with E-state index in [1.807, 2.05) is 0 Å². The van der Waals surface area contributed by atoms with Gasteiger partial charge >= 0.3 is 0 Å². The summed E-state index contributed by atoms with van der Waals surface area (Å²) in [6.07, 6.45) is -4.69. The number of Topliss-reactive ketones (excluding diaryl/α,β-unsaturated/α-hetero) is 1. The van der Waals surface area contributed by atoms with E-state index in [0.29, 0.717) is 0 Å². The number of phenols is 2. The minimum absolute atomic E-state index is 0.0246. The van der Waals surface area contributed by atoms with Crippen molar-refractivity contribution in [3.63, 3.8) is 0 Å². The number of nitrogens with two attached hydrogens (primary N) is 1. The molecule has 12 nitrogen and oxygen atoms in total. The zero-order valence-corrected chi connectivity index (χ0v) is 24.5. The molecule has 14 heteroatoms. The smallest absolute Gasteiger partial charge is 0.202 e. The molecule has 3 aliphatic rings. The van der Waals surface area contributed by atoms with Crippen LogP contribution in [0, 0.1) is 0 Å². The van der Waals surface area contributed by atoms with Crippen LogP contribution in [0.5, 0.6) is 17.2 Å². The molecule has 1 saturated heterocycles. The van der Waals surface area contributed by atoms with Crippen molar-refractivity contribution in [1.82, 2.24) is 4.72 Å². The molecular formula is C28H30N2O10S2. The summed E-state index contributed by atoms with van der Waals surface area (Å²) in [7, 11) is 1.34. The number of thiocarbonyl (C=S) groups is 1. The molecule has 2 aromatic rings. The van der Waals surface area contributed by atoms with Gasteiger partial charge in [-0.1, -0.05) is 24.4 Å². The lowest BCUT2D eigenvalue weighted by molar-refractivity contribution is -0.248. The molecule has 1 heterocycles. The Hall–Kier alpha value is -3.11. The number of methoxy groups -OCH3 is 1. The number of hydrogen-bond donors (Lipinski definition) is 6. The number of fused-ring (bicyclic) bond motifs is 3. The molecule has 6 atom stereocenters. The van der Waals surface area contributed by atoms with Crippen LogP contribution in [-0.4, -0.2) is 79.3 Å². The maximum absolute atomic E-state index is 13.7. The molecule has 0 aromatic heterocycles. The van der Waals surface area contributed by atoms with Gasteiger partial charge in [-0.25, -0.2) is 0 Å². The van der Waals surface area contributed by atoms with Crippen LogP contribution in [0.2, 0.25) is 0 Å². The Kier molecular flexibility index (Phi) is 8.08. The summed E-state index contributed by atoms with van der Waals surface area (Å²) in [6.45, 7) is 2.80. The Morgan fingerprint density at radius 2 is 1.88 bits per heavy atom. The van der Waals surface area contributed by atoms with Gasteiger partial charge in [0.15, 0.2) is 17.9 Å². The van der Waals surface area contributed by atoms with Crippen LogP contribution in [0.4, 0.5) is 0 Å². The molecule has 4 unspecified atom stereocenters. The minimum atomic E-state index is -2.03. The molecule has 0 radical (unpaired) electrons. The fourth-order valence-corrected chi connectivity index (χ4v) is 6.52. The van der Waals surface area contributed by atoms with Gasteiger partial charge in [-0.05, 0) is 31.9 Å². The number of hydrogen-bond acceptors (Lipinski definition) is 13. The minimum Gasteiger partial charge on any atom is -0.507 e. The van der Waals surface area contributed by atoms with Gasteiger partial charge in [-0.15, -0.1) is 0 Å². The third-order valence-electron chi connectivity index (χ3n) is 8.06. The molecule has 2 aliphatic carbocycles. The Morgan fingerprint density at radius 3 is 2.52 bits per heavy atom. The van der Waals surface area contributed by atoms with Crippen molar-refractivity contribution in [2.45, 2.75) is 69.4 Å². The number of aliphatic hydroxyl groups excluding tert-OH is 1. The number of nitrogens with one attached hydrogen (secondary N) is 1. The maximum atomic E-state index is 13.7. The highest BCUT2D eigenvalue weighted by Crippen LogP contribution is 2.52. The second-order valence-corrected chi connectivity index (χ2v) is 12.2. The standard InChI is InChI=1S/C28H30N2O10S2/c1-10-22(32)14(30-42-27(29)41)7-17(39-10)40-16-9-28(37,11(2)31)8-13-19(16)26(36)21-20(24(13)34)23(33)12-5-4-6-15(38-3)18(12)25(21)35/h4-6,10,14,16-17,22,30,32,34,36-37H,7-9H2,1-3H3,(H2,29,41)/t10?,14?,16-,17?,22?,28-/m0/s1. The molecular weight excluding hydrogens is 588 g/mol. The Labute approximate surface area is 250 Å². The number of rotatable bonds is 6. The van der Waals surface area contributed by atoms with Crippen LogP contribution in [0.3, 0.4) is 0 Å². The van der Waals surface area contributed by atoms with Crippen LogP contribution < -0.4 is 15.2 Å². The van der Waals surface area contributed by atoms with Crippen molar-refractivity contribution in [2.75, 3.05) is 7.11 Å². The number of ether oxygens (including phenoxy) is 3. The number of ketones is 3. The summed E-state index contributed by atoms with van der Waals surface area (Å²) in [5, 5.41) is 44.9. The average Bonchev–Trinajstić information content (AvgIpc) is 2.93. The van der Waals surface area contributed by atoms with Gasteiger partial charge in [0, 0.05) is 36.0 Å². The highest BCUT2D eigenvalue weighted by molar-refractivity contribution is 8.21. The summed E-state index contributed by atoms with van der Waals surface area (Å²) in [6, 6.07) is 3.84. The van der Waals surface area contributed by atoms with Crippen molar-refractivity contribution in [3.05, 3.63) is 51.6 Å². The summed E-state index contributed by atoms with van der Waals surface area (Å²) < 4.78 is 20.4. The molecule has 0 saturated carbocycles. The van der Waals surface area contributed by atoms with Crippen LogP contribution >= 0.6 is 24.2 Å². The van der Waals surface area contributed by atoms with Crippen LogP contribution in [-0.2, 0) is 20.7 Å². The predicted octanol–water partition coefficient (Wildman–Crippen LogP) is 1.55.